The molecule has 2 amide bonds. The van der Waals surface area contributed by atoms with Gasteiger partial charge >= 0.3 is 0 Å². The van der Waals surface area contributed by atoms with E-state index in [4.69, 9.17) is 5.73 Å². The lowest BCUT2D eigenvalue weighted by Crippen LogP contribution is -2.41. The molecule has 1 radical (unpaired) electrons. The largest absolute Gasteiger partial charge is 0.507 e. The second-order valence-corrected chi connectivity index (χ2v) is 4.93. The van der Waals surface area contributed by atoms with Crippen molar-refractivity contribution in [2.24, 2.45) is 5.73 Å². The minimum Gasteiger partial charge on any atom is -0.507 e. The molecule has 1 aromatic carbocycles. The van der Waals surface area contributed by atoms with Gasteiger partial charge in [-0.25, -0.2) is 0 Å². The maximum atomic E-state index is 12.2. The third kappa shape index (κ3) is 3.26. The lowest BCUT2D eigenvalue weighted by atomic mass is 10.1. The third-order valence-corrected chi connectivity index (χ3v) is 3.36. The van der Waals surface area contributed by atoms with Gasteiger partial charge in [-0.2, -0.15) is 0 Å². The predicted molar refractivity (Wildman–Crippen MR) is 77.0 cm³/mol. The van der Waals surface area contributed by atoms with E-state index in [1.165, 1.54) is 6.42 Å². The first kappa shape index (κ1) is 16.0. The molecule has 2 rings (SSSR count). The number of nitrogens with two attached hydrogens (primary N) is 1. The van der Waals surface area contributed by atoms with Gasteiger partial charge < -0.3 is 21.1 Å². The normalized spacial score (nSPS) is 19.4. The number of carbonyl (C=O) groups excluding carboxylic acids is 2. The summed E-state index contributed by atoms with van der Waals surface area (Å²) in [7, 11) is 0. The van der Waals surface area contributed by atoms with Crippen LogP contribution >= 0.6 is 0 Å². The average molecular weight is 305 g/mol. The van der Waals surface area contributed by atoms with Crippen molar-refractivity contribution in [3.8, 4) is 0 Å². The molecule has 1 aliphatic rings. The number of hydrogen-bond donors (Lipinski definition) is 4. The lowest BCUT2D eigenvalue weighted by molar-refractivity contribution is -0.138. The Morgan fingerprint density at radius 2 is 2.00 bits per heavy atom. The van der Waals surface area contributed by atoms with Crippen molar-refractivity contribution in [1.29, 1.82) is 0 Å². The van der Waals surface area contributed by atoms with Crippen LogP contribution in [0.2, 0.25) is 0 Å². The maximum absolute atomic E-state index is 12.2. The van der Waals surface area contributed by atoms with E-state index in [1.807, 2.05) is 30.3 Å². The highest BCUT2D eigenvalue weighted by Crippen LogP contribution is 2.22. The van der Waals surface area contributed by atoms with E-state index in [0.29, 0.717) is 6.42 Å². The summed E-state index contributed by atoms with van der Waals surface area (Å²) < 4.78 is 0. The summed E-state index contributed by atoms with van der Waals surface area (Å²) in [4.78, 5) is 24.2. The van der Waals surface area contributed by atoms with Crippen LogP contribution in [0.15, 0.2) is 41.8 Å². The molecule has 7 nitrogen and oxygen atoms in total. The van der Waals surface area contributed by atoms with E-state index in [2.05, 4.69) is 0 Å². The summed E-state index contributed by atoms with van der Waals surface area (Å²) in [5.74, 6) is -2.53. The highest BCUT2D eigenvalue weighted by Gasteiger charge is 2.39. The third-order valence-electron chi connectivity index (χ3n) is 3.36. The molecular weight excluding hydrogens is 288 g/mol. The Morgan fingerprint density at radius 3 is 2.59 bits per heavy atom. The van der Waals surface area contributed by atoms with Gasteiger partial charge in [0.1, 0.15) is 17.9 Å². The fourth-order valence-electron chi connectivity index (χ4n) is 2.23. The van der Waals surface area contributed by atoms with Crippen molar-refractivity contribution in [2.45, 2.75) is 18.6 Å². The number of carbonyl (C=O) groups is 2. The zero-order valence-electron chi connectivity index (χ0n) is 11.7. The number of β-amino-alcohol motifs (C(OH)–C–C–N with tert-alkyl or cyclic N) is 1. The molecule has 7 heteroatoms. The van der Waals surface area contributed by atoms with Gasteiger partial charge in [0.05, 0.1) is 6.54 Å². The van der Waals surface area contributed by atoms with Crippen molar-refractivity contribution in [3.63, 3.8) is 0 Å². The topological polar surface area (TPSA) is 124 Å². The molecule has 0 spiro atoms. The van der Waals surface area contributed by atoms with E-state index in [0.717, 1.165) is 10.5 Å². The summed E-state index contributed by atoms with van der Waals surface area (Å²) >= 11 is 0. The van der Waals surface area contributed by atoms with Gasteiger partial charge in [-0.15, -0.1) is 0 Å². The average Bonchev–Trinajstić information content (AvgIpc) is 2.80. The summed E-state index contributed by atoms with van der Waals surface area (Å²) in [6.45, 7) is -0.320. The molecule has 2 atom stereocenters. The highest BCUT2D eigenvalue weighted by molar-refractivity contribution is 5.99. The predicted octanol–water partition coefficient (Wildman–Crippen LogP) is -0.748. The maximum Gasteiger partial charge on any atom is 0.269 e. The second-order valence-electron chi connectivity index (χ2n) is 4.93. The van der Waals surface area contributed by atoms with Crippen LogP contribution in [0.1, 0.15) is 5.56 Å². The monoisotopic (exact) mass is 305 g/mol. The number of aliphatic hydroxyl groups is 3. The van der Waals surface area contributed by atoms with Crippen molar-refractivity contribution in [1.82, 2.24) is 4.90 Å². The van der Waals surface area contributed by atoms with Gasteiger partial charge in [0.25, 0.3) is 11.8 Å². The van der Waals surface area contributed by atoms with E-state index < -0.39 is 35.5 Å². The molecule has 117 valence electrons. The van der Waals surface area contributed by atoms with Crippen molar-refractivity contribution < 1.29 is 24.9 Å². The second kappa shape index (κ2) is 6.59. The number of primary amides is 1. The summed E-state index contributed by atoms with van der Waals surface area (Å²) in [6, 6.07) is 9.20. The molecule has 0 fully saturated rings. The molecule has 1 aromatic rings. The standard InChI is InChI=1S/C15H17N2O5/c16-14(21)12-13(20)11(19)8-17(12)15(22)10(18)7-6-9-4-2-1-3-5-9/h1-5,7,10-11,18-20H,6,8H2,(H2,16,21)/t10-,11+/m1/s1. The van der Waals surface area contributed by atoms with E-state index in [9.17, 15) is 24.9 Å². The Kier molecular flexibility index (Phi) is 4.79. The van der Waals surface area contributed by atoms with Crippen LogP contribution in [0, 0.1) is 6.42 Å². The zero-order chi connectivity index (χ0) is 16.3. The summed E-state index contributed by atoms with van der Waals surface area (Å²) in [6.07, 6.45) is -1.13. The molecule has 1 heterocycles. The van der Waals surface area contributed by atoms with Gasteiger partial charge in [-0.1, -0.05) is 30.3 Å². The quantitative estimate of drug-likeness (QED) is 0.570. The van der Waals surface area contributed by atoms with Gasteiger partial charge in [0.2, 0.25) is 0 Å². The highest BCUT2D eigenvalue weighted by atomic mass is 16.3. The Bertz CT molecular complexity index is 599. The number of benzene rings is 1. The van der Waals surface area contributed by atoms with Crippen LogP contribution in [0.3, 0.4) is 0 Å². The fraction of sp³-hybridized carbons (Fsp3) is 0.267. The van der Waals surface area contributed by atoms with Gasteiger partial charge in [0.15, 0.2) is 5.76 Å². The van der Waals surface area contributed by atoms with Gasteiger partial charge in [0, 0.05) is 6.42 Å². The molecule has 22 heavy (non-hydrogen) atoms. The van der Waals surface area contributed by atoms with Crippen LogP contribution in [-0.4, -0.2) is 50.8 Å². The van der Waals surface area contributed by atoms with Crippen molar-refractivity contribution in [3.05, 3.63) is 53.8 Å². The van der Waals surface area contributed by atoms with Crippen LogP contribution < -0.4 is 5.73 Å². The minimum atomic E-state index is -1.48. The van der Waals surface area contributed by atoms with Crippen molar-refractivity contribution in [2.75, 3.05) is 6.54 Å². The number of nitrogens with zero attached hydrogens (tertiary/aromatic N) is 1. The number of amides is 2. The number of rotatable bonds is 5. The Labute approximate surface area is 127 Å². The lowest BCUT2D eigenvalue weighted by Gasteiger charge is -2.21. The van der Waals surface area contributed by atoms with Crippen molar-refractivity contribution >= 4 is 11.8 Å². The summed E-state index contributed by atoms with van der Waals surface area (Å²) in [5, 5.41) is 29.0. The van der Waals surface area contributed by atoms with Gasteiger partial charge in [-0.3, -0.25) is 14.5 Å². The minimum absolute atomic E-state index is 0.320. The van der Waals surface area contributed by atoms with E-state index in [-0.39, 0.29) is 6.54 Å². The fourth-order valence-corrected chi connectivity index (χ4v) is 2.23. The first-order chi connectivity index (χ1) is 10.4. The van der Waals surface area contributed by atoms with E-state index in [1.54, 1.807) is 0 Å². The molecule has 0 saturated carbocycles. The van der Waals surface area contributed by atoms with Crippen LogP contribution in [0.25, 0.3) is 0 Å². The number of aliphatic hydroxyl groups excluding tert-OH is 3. The molecule has 0 aliphatic carbocycles. The smallest absolute Gasteiger partial charge is 0.269 e. The van der Waals surface area contributed by atoms with Crippen LogP contribution in [-0.2, 0) is 16.0 Å². The van der Waals surface area contributed by atoms with Gasteiger partial charge in [-0.05, 0) is 12.0 Å². The first-order valence-electron chi connectivity index (χ1n) is 6.69. The summed E-state index contributed by atoms with van der Waals surface area (Å²) in [5.41, 5.74) is 5.52. The SMILES string of the molecule is NC(=O)C1=C(O)[C@@H](O)CN1C(=O)[C@H](O)[CH]Cc1ccccc1. The van der Waals surface area contributed by atoms with Crippen LogP contribution in [0.4, 0.5) is 0 Å². The molecule has 1 aliphatic heterocycles. The molecule has 0 unspecified atom stereocenters. The molecule has 5 N–H and O–H groups in total. The molecule has 0 bridgehead atoms. The molecule has 0 aromatic heterocycles. The van der Waals surface area contributed by atoms with Crippen LogP contribution in [0.5, 0.6) is 0 Å². The molecule has 0 saturated heterocycles. The zero-order valence-corrected chi connectivity index (χ0v) is 11.7. The Balaban J connectivity index is 2.03. The number of hydrogen-bond acceptors (Lipinski definition) is 5. The molecular formula is C15H17N2O5. The van der Waals surface area contributed by atoms with E-state index >= 15 is 0 Å². The Hall–Kier alpha value is -2.38. The Morgan fingerprint density at radius 1 is 1.36 bits per heavy atom. The first-order valence-corrected chi connectivity index (χ1v) is 6.69.